The first kappa shape index (κ1) is 16.4. The average molecular weight is 270 g/mol. The third-order valence-corrected chi connectivity index (χ3v) is 4.51. The van der Waals surface area contributed by atoms with Crippen LogP contribution in [0.25, 0.3) is 0 Å². The molecule has 1 aliphatic rings. The number of rotatable bonds is 7. The normalized spacial score (nSPS) is 22.9. The van der Waals surface area contributed by atoms with E-state index in [2.05, 4.69) is 30.6 Å². The predicted molar refractivity (Wildman–Crippen MR) is 78.4 cm³/mol. The maximum atomic E-state index is 11.5. The summed E-state index contributed by atoms with van der Waals surface area (Å²) < 4.78 is 0. The van der Waals surface area contributed by atoms with Crippen molar-refractivity contribution in [1.82, 2.24) is 9.80 Å². The Kier molecular flexibility index (Phi) is 6.27. The van der Waals surface area contributed by atoms with Crippen LogP contribution < -0.4 is 0 Å². The lowest BCUT2D eigenvalue weighted by Crippen LogP contribution is -2.52. The standard InChI is InChI=1S/C15H30N2O2/c1-5-7-15(4,14(18)19)12-16-8-10-17(11-9-16)13(3)6-2/h13H,5-12H2,1-4H3,(H,18,19). The zero-order chi connectivity index (χ0) is 14.5. The SMILES string of the molecule is CCCC(C)(CN1CCN(C(C)CC)CC1)C(=O)O. The van der Waals surface area contributed by atoms with E-state index in [9.17, 15) is 9.90 Å². The minimum Gasteiger partial charge on any atom is -0.481 e. The van der Waals surface area contributed by atoms with Gasteiger partial charge in [-0.1, -0.05) is 20.3 Å². The molecular weight excluding hydrogens is 240 g/mol. The Morgan fingerprint density at radius 2 is 1.84 bits per heavy atom. The number of aliphatic carboxylic acids is 1. The summed E-state index contributed by atoms with van der Waals surface area (Å²) >= 11 is 0. The van der Waals surface area contributed by atoms with Crippen LogP contribution in [0, 0.1) is 5.41 Å². The second-order valence-electron chi connectivity index (χ2n) is 6.19. The molecule has 1 aliphatic heterocycles. The van der Waals surface area contributed by atoms with Gasteiger partial charge in [-0.25, -0.2) is 0 Å². The average Bonchev–Trinajstić information content (AvgIpc) is 2.38. The van der Waals surface area contributed by atoms with Gasteiger partial charge in [-0.05, 0) is 26.7 Å². The van der Waals surface area contributed by atoms with Gasteiger partial charge in [-0.2, -0.15) is 0 Å². The van der Waals surface area contributed by atoms with Crippen LogP contribution in [-0.4, -0.2) is 59.6 Å². The van der Waals surface area contributed by atoms with Crippen molar-refractivity contribution in [3.8, 4) is 0 Å². The Balaban J connectivity index is 2.49. The minimum atomic E-state index is -0.654. The Bertz CT molecular complexity index is 288. The first-order valence-corrected chi connectivity index (χ1v) is 7.62. The molecule has 0 aromatic heterocycles. The fraction of sp³-hybridized carbons (Fsp3) is 0.933. The van der Waals surface area contributed by atoms with Crippen LogP contribution in [0.4, 0.5) is 0 Å². The summed E-state index contributed by atoms with van der Waals surface area (Å²) in [5, 5.41) is 9.44. The second kappa shape index (κ2) is 7.25. The smallest absolute Gasteiger partial charge is 0.310 e. The van der Waals surface area contributed by atoms with Crippen molar-refractivity contribution >= 4 is 5.97 Å². The summed E-state index contributed by atoms with van der Waals surface area (Å²) in [6.45, 7) is 13.3. The van der Waals surface area contributed by atoms with Gasteiger partial charge in [0.2, 0.25) is 0 Å². The molecule has 1 N–H and O–H groups in total. The zero-order valence-electron chi connectivity index (χ0n) is 13.0. The lowest BCUT2D eigenvalue weighted by molar-refractivity contribution is -0.150. The molecule has 0 aromatic rings. The number of hydrogen-bond donors (Lipinski definition) is 1. The van der Waals surface area contributed by atoms with Gasteiger partial charge in [0.15, 0.2) is 0 Å². The van der Waals surface area contributed by atoms with Crippen molar-refractivity contribution in [2.45, 2.75) is 53.0 Å². The lowest BCUT2D eigenvalue weighted by Gasteiger charge is -2.40. The maximum Gasteiger partial charge on any atom is 0.310 e. The fourth-order valence-corrected chi connectivity index (χ4v) is 2.92. The number of carboxylic acids is 1. The van der Waals surface area contributed by atoms with E-state index in [1.165, 1.54) is 6.42 Å². The molecule has 0 amide bonds. The molecule has 19 heavy (non-hydrogen) atoms. The van der Waals surface area contributed by atoms with E-state index in [0.29, 0.717) is 12.6 Å². The maximum absolute atomic E-state index is 11.5. The quantitative estimate of drug-likeness (QED) is 0.771. The number of nitrogens with zero attached hydrogens (tertiary/aromatic N) is 2. The van der Waals surface area contributed by atoms with E-state index in [0.717, 1.165) is 39.0 Å². The van der Waals surface area contributed by atoms with E-state index >= 15 is 0 Å². The molecule has 0 saturated carbocycles. The summed E-state index contributed by atoms with van der Waals surface area (Å²) in [6, 6.07) is 0.642. The lowest BCUT2D eigenvalue weighted by atomic mass is 9.85. The predicted octanol–water partition coefficient (Wildman–Crippen LogP) is 2.29. The van der Waals surface area contributed by atoms with E-state index < -0.39 is 11.4 Å². The molecule has 0 radical (unpaired) electrons. The van der Waals surface area contributed by atoms with Gasteiger partial charge in [-0.3, -0.25) is 14.6 Å². The minimum absolute atomic E-state index is 0.590. The Morgan fingerprint density at radius 3 is 2.26 bits per heavy atom. The van der Waals surface area contributed by atoms with Crippen molar-refractivity contribution in [3.63, 3.8) is 0 Å². The highest BCUT2D eigenvalue weighted by molar-refractivity contribution is 5.74. The molecule has 2 atom stereocenters. The van der Waals surface area contributed by atoms with Crippen molar-refractivity contribution < 1.29 is 9.90 Å². The van der Waals surface area contributed by atoms with Crippen molar-refractivity contribution in [1.29, 1.82) is 0 Å². The topological polar surface area (TPSA) is 43.8 Å². The van der Waals surface area contributed by atoms with Crippen LogP contribution in [-0.2, 0) is 4.79 Å². The van der Waals surface area contributed by atoms with Gasteiger partial charge in [0.05, 0.1) is 5.41 Å². The molecule has 0 bridgehead atoms. The highest BCUT2D eigenvalue weighted by Crippen LogP contribution is 2.25. The van der Waals surface area contributed by atoms with E-state index in [-0.39, 0.29) is 0 Å². The Morgan fingerprint density at radius 1 is 1.26 bits per heavy atom. The number of carbonyl (C=O) groups is 1. The zero-order valence-corrected chi connectivity index (χ0v) is 13.0. The molecule has 0 aliphatic carbocycles. The van der Waals surface area contributed by atoms with Gasteiger partial charge in [0.25, 0.3) is 0 Å². The van der Waals surface area contributed by atoms with Crippen molar-refractivity contribution in [2.75, 3.05) is 32.7 Å². The number of hydrogen-bond acceptors (Lipinski definition) is 3. The highest BCUT2D eigenvalue weighted by atomic mass is 16.4. The van der Waals surface area contributed by atoms with Crippen molar-refractivity contribution in [3.05, 3.63) is 0 Å². The second-order valence-corrected chi connectivity index (χ2v) is 6.19. The summed E-state index contributed by atoms with van der Waals surface area (Å²) in [6.07, 6.45) is 2.87. The summed E-state index contributed by atoms with van der Waals surface area (Å²) in [7, 11) is 0. The summed E-state index contributed by atoms with van der Waals surface area (Å²) in [4.78, 5) is 16.3. The molecule has 0 aromatic carbocycles. The molecule has 4 heteroatoms. The molecule has 0 spiro atoms. The third-order valence-electron chi connectivity index (χ3n) is 4.51. The first-order chi connectivity index (χ1) is 8.92. The summed E-state index contributed by atoms with van der Waals surface area (Å²) in [5.74, 6) is -0.654. The fourth-order valence-electron chi connectivity index (χ4n) is 2.92. The van der Waals surface area contributed by atoms with Gasteiger partial charge in [-0.15, -0.1) is 0 Å². The van der Waals surface area contributed by atoms with Crippen LogP contribution in [0.1, 0.15) is 47.0 Å². The highest BCUT2D eigenvalue weighted by Gasteiger charge is 2.35. The monoisotopic (exact) mass is 270 g/mol. The van der Waals surface area contributed by atoms with Crippen LogP contribution in [0.2, 0.25) is 0 Å². The molecule has 2 unspecified atom stereocenters. The van der Waals surface area contributed by atoms with Gasteiger partial charge in [0, 0.05) is 38.8 Å². The van der Waals surface area contributed by atoms with Crippen LogP contribution in [0.15, 0.2) is 0 Å². The van der Waals surface area contributed by atoms with E-state index in [1.807, 2.05) is 6.92 Å². The largest absolute Gasteiger partial charge is 0.481 e. The molecule has 1 fully saturated rings. The van der Waals surface area contributed by atoms with Crippen LogP contribution in [0.5, 0.6) is 0 Å². The molecule has 1 saturated heterocycles. The molecule has 112 valence electrons. The molecule has 1 rings (SSSR count). The third kappa shape index (κ3) is 4.46. The van der Waals surface area contributed by atoms with E-state index in [1.54, 1.807) is 0 Å². The molecule has 4 nitrogen and oxygen atoms in total. The van der Waals surface area contributed by atoms with Crippen molar-refractivity contribution in [2.24, 2.45) is 5.41 Å². The number of carboxylic acid groups (broad SMARTS) is 1. The van der Waals surface area contributed by atoms with E-state index in [4.69, 9.17) is 0 Å². The van der Waals surface area contributed by atoms with Gasteiger partial charge < -0.3 is 5.11 Å². The summed E-state index contributed by atoms with van der Waals surface area (Å²) in [5.41, 5.74) is -0.590. The molecule has 1 heterocycles. The van der Waals surface area contributed by atoms with Crippen LogP contribution in [0.3, 0.4) is 0 Å². The van der Waals surface area contributed by atoms with Gasteiger partial charge >= 0.3 is 5.97 Å². The molecular formula is C15H30N2O2. The Labute approximate surface area is 117 Å². The van der Waals surface area contributed by atoms with Gasteiger partial charge in [0.1, 0.15) is 0 Å². The van der Waals surface area contributed by atoms with Crippen LogP contribution >= 0.6 is 0 Å². The first-order valence-electron chi connectivity index (χ1n) is 7.62. The number of piperazine rings is 1. The Hall–Kier alpha value is -0.610.